The van der Waals surface area contributed by atoms with Crippen molar-refractivity contribution in [3.05, 3.63) is 11.8 Å². The lowest BCUT2D eigenvalue weighted by molar-refractivity contribution is -0.164. The molecule has 1 aliphatic carbocycles. The fourth-order valence-electron chi connectivity index (χ4n) is 2.44. The molecule has 1 saturated carbocycles. The second kappa shape index (κ2) is 4.45. The van der Waals surface area contributed by atoms with Crippen molar-refractivity contribution in [1.29, 1.82) is 0 Å². The number of rotatable bonds is 2. The fraction of sp³-hybridized carbons (Fsp3) is 0.750. The molecule has 1 fully saturated rings. The summed E-state index contributed by atoms with van der Waals surface area (Å²) in [6, 6.07) is 0. The Hall–Kier alpha value is -1.03. The summed E-state index contributed by atoms with van der Waals surface area (Å²) in [6.07, 6.45) is 8.07. The standard InChI is InChI=1S/C12H19NO3/c1-12(11(14)15-2)8-10(13-16-12)9-6-4-3-5-7-9/h8-9,13H,3-7H2,1-2H3. The molecule has 0 aromatic carbocycles. The predicted octanol–water partition coefficient (Wildman–Crippen LogP) is 1.92. The van der Waals surface area contributed by atoms with Gasteiger partial charge in [0.1, 0.15) is 0 Å². The molecule has 1 atom stereocenters. The van der Waals surface area contributed by atoms with Crippen LogP contribution >= 0.6 is 0 Å². The normalized spacial score (nSPS) is 30.8. The first-order valence-corrected chi connectivity index (χ1v) is 5.91. The van der Waals surface area contributed by atoms with Crippen LogP contribution in [0.4, 0.5) is 0 Å². The Morgan fingerprint density at radius 1 is 1.50 bits per heavy atom. The molecule has 0 radical (unpaired) electrons. The van der Waals surface area contributed by atoms with Crippen LogP contribution in [0, 0.1) is 5.92 Å². The van der Waals surface area contributed by atoms with Gasteiger partial charge >= 0.3 is 5.97 Å². The fourth-order valence-corrected chi connectivity index (χ4v) is 2.44. The van der Waals surface area contributed by atoms with Crippen molar-refractivity contribution in [2.45, 2.75) is 44.6 Å². The van der Waals surface area contributed by atoms with Gasteiger partial charge in [-0.2, -0.15) is 0 Å². The average molecular weight is 225 g/mol. The number of carbonyl (C=O) groups is 1. The van der Waals surface area contributed by atoms with E-state index < -0.39 is 5.60 Å². The van der Waals surface area contributed by atoms with Crippen LogP contribution in [-0.2, 0) is 14.4 Å². The minimum absolute atomic E-state index is 0.356. The Labute approximate surface area is 95.9 Å². The Morgan fingerprint density at radius 2 is 2.19 bits per heavy atom. The molecule has 0 bridgehead atoms. The molecule has 90 valence electrons. The summed E-state index contributed by atoms with van der Waals surface area (Å²) in [5.74, 6) is 0.158. The largest absolute Gasteiger partial charge is 0.467 e. The van der Waals surface area contributed by atoms with Gasteiger partial charge in [-0.3, -0.25) is 10.3 Å². The van der Waals surface area contributed by atoms with Crippen molar-refractivity contribution >= 4 is 5.97 Å². The molecule has 2 rings (SSSR count). The predicted molar refractivity (Wildman–Crippen MR) is 59.3 cm³/mol. The van der Waals surface area contributed by atoms with Crippen molar-refractivity contribution in [2.75, 3.05) is 7.11 Å². The van der Waals surface area contributed by atoms with Crippen LogP contribution in [0.2, 0.25) is 0 Å². The smallest absolute Gasteiger partial charge is 0.344 e. The molecule has 4 nitrogen and oxygen atoms in total. The maximum absolute atomic E-state index is 11.5. The third-order valence-corrected chi connectivity index (χ3v) is 3.45. The second-order valence-corrected chi connectivity index (χ2v) is 4.74. The van der Waals surface area contributed by atoms with Crippen LogP contribution < -0.4 is 5.48 Å². The molecule has 4 heteroatoms. The van der Waals surface area contributed by atoms with Gasteiger partial charge < -0.3 is 4.74 Å². The zero-order valence-corrected chi connectivity index (χ0v) is 9.91. The number of carbonyl (C=O) groups excluding carboxylic acids is 1. The van der Waals surface area contributed by atoms with E-state index in [-0.39, 0.29) is 5.97 Å². The van der Waals surface area contributed by atoms with Gasteiger partial charge in [0, 0.05) is 11.6 Å². The van der Waals surface area contributed by atoms with Gasteiger partial charge in [-0.1, -0.05) is 19.3 Å². The number of hydroxylamine groups is 1. The number of ether oxygens (including phenoxy) is 1. The number of hydrogen-bond donors (Lipinski definition) is 1. The van der Waals surface area contributed by atoms with Crippen LogP contribution in [0.3, 0.4) is 0 Å². The van der Waals surface area contributed by atoms with Gasteiger partial charge in [0.2, 0.25) is 5.60 Å². The topological polar surface area (TPSA) is 47.6 Å². The molecule has 1 unspecified atom stereocenters. The van der Waals surface area contributed by atoms with Crippen LogP contribution in [0.25, 0.3) is 0 Å². The minimum Gasteiger partial charge on any atom is -0.467 e. The van der Waals surface area contributed by atoms with E-state index in [9.17, 15) is 4.79 Å². The Bertz CT molecular complexity index is 307. The third-order valence-electron chi connectivity index (χ3n) is 3.45. The van der Waals surface area contributed by atoms with Crippen molar-refractivity contribution < 1.29 is 14.4 Å². The van der Waals surface area contributed by atoms with Crippen LogP contribution in [0.5, 0.6) is 0 Å². The van der Waals surface area contributed by atoms with E-state index in [0.717, 1.165) is 5.70 Å². The minimum atomic E-state index is -0.957. The van der Waals surface area contributed by atoms with Gasteiger partial charge in [0.05, 0.1) is 7.11 Å². The first-order valence-electron chi connectivity index (χ1n) is 5.91. The Kier molecular flexibility index (Phi) is 3.19. The van der Waals surface area contributed by atoms with Crippen molar-refractivity contribution in [3.8, 4) is 0 Å². The van der Waals surface area contributed by atoms with Gasteiger partial charge in [-0.25, -0.2) is 4.79 Å². The summed E-state index contributed by atoms with van der Waals surface area (Å²) >= 11 is 0. The number of nitrogens with one attached hydrogen (secondary N) is 1. The lowest BCUT2D eigenvalue weighted by atomic mass is 9.86. The molecular formula is C12H19NO3. The molecule has 1 N–H and O–H groups in total. The van der Waals surface area contributed by atoms with E-state index in [0.29, 0.717) is 5.92 Å². The highest BCUT2D eigenvalue weighted by Gasteiger charge is 2.40. The van der Waals surface area contributed by atoms with Gasteiger partial charge in [0.25, 0.3) is 0 Å². The molecule has 0 aromatic rings. The molecule has 0 amide bonds. The zero-order valence-electron chi connectivity index (χ0n) is 9.91. The van der Waals surface area contributed by atoms with E-state index >= 15 is 0 Å². The van der Waals surface area contributed by atoms with Crippen molar-refractivity contribution in [3.63, 3.8) is 0 Å². The monoisotopic (exact) mass is 225 g/mol. The van der Waals surface area contributed by atoms with E-state index in [1.807, 2.05) is 6.08 Å². The molecule has 1 aliphatic heterocycles. The quantitative estimate of drug-likeness (QED) is 0.729. The molecule has 0 saturated heterocycles. The van der Waals surface area contributed by atoms with E-state index in [1.54, 1.807) is 6.92 Å². The number of esters is 1. The Balaban J connectivity index is 2.07. The summed E-state index contributed by atoms with van der Waals surface area (Å²) in [5.41, 5.74) is 2.98. The average Bonchev–Trinajstić information content (AvgIpc) is 2.73. The lowest BCUT2D eigenvalue weighted by Gasteiger charge is -2.22. The summed E-state index contributed by atoms with van der Waals surface area (Å²) in [7, 11) is 1.38. The maximum Gasteiger partial charge on any atom is 0.344 e. The van der Waals surface area contributed by atoms with Crippen LogP contribution in [0.1, 0.15) is 39.0 Å². The van der Waals surface area contributed by atoms with Crippen LogP contribution in [0.15, 0.2) is 11.8 Å². The molecule has 1 heterocycles. The number of methoxy groups -OCH3 is 1. The highest BCUT2D eigenvalue weighted by atomic mass is 16.7. The highest BCUT2D eigenvalue weighted by Crippen LogP contribution is 2.33. The van der Waals surface area contributed by atoms with Crippen molar-refractivity contribution in [2.24, 2.45) is 5.92 Å². The van der Waals surface area contributed by atoms with Gasteiger partial charge in [-0.05, 0) is 25.8 Å². The molecular weight excluding hydrogens is 206 g/mol. The molecule has 0 spiro atoms. The lowest BCUT2D eigenvalue weighted by Crippen LogP contribution is -2.36. The second-order valence-electron chi connectivity index (χ2n) is 4.74. The molecule has 0 aromatic heterocycles. The highest BCUT2D eigenvalue weighted by molar-refractivity contribution is 5.82. The summed E-state index contributed by atoms with van der Waals surface area (Å²) in [5, 5.41) is 0. The molecule has 2 aliphatic rings. The number of allylic oxidation sites excluding steroid dienone is 1. The third kappa shape index (κ3) is 2.07. The first kappa shape index (κ1) is 11.5. The van der Waals surface area contributed by atoms with Crippen LogP contribution in [-0.4, -0.2) is 18.7 Å². The Morgan fingerprint density at radius 3 is 2.81 bits per heavy atom. The van der Waals surface area contributed by atoms with Gasteiger partial charge in [0.15, 0.2) is 0 Å². The van der Waals surface area contributed by atoms with Gasteiger partial charge in [-0.15, -0.1) is 0 Å². The molecule has 16 heavy (non-hydrogen) atoms. The maximum atomic E-state index is 11.5. The SMILES string of the molecule is COC(=O)C1(C)C=C(C2CCCCC2)NO1. The summed E-state index contributed by atoms with van der Waals surface area (Å²) < 4.78 is 4.72. The van der Waals surface area contributed by atoms with E-state index in [1.165, 1.54) is 39.2 Å². The summed E-state index contributed by atoms with van der Waals surface area (Å²) in [6.45, 7) is 1.72. The zero-order chi connectivity index (χ0) is 11.6. The first-order chi connectivity index (χ1) is 7.65. The summed E-state index contributed by atoms with van der Waals surface area (Å²) in [4.78, 5) is 16.9. The number of hydrogen-bond acceptors (Lipinski definition) is 4. The van der Waals surface area contributed by atoms with Crippen molar-refractivity contribution in [1.82, 2.24) is 5.48 Å². The van der Waals surface area contributed by atoms with E-state index in [4.69, 9.17) is 9.57 Å². The van der Waals surface area contributed by atoms with E-state index in [2.05, 4.69) is 5.48 Å².